The Morgan fingerprint density at radius 1 is 1.00 bits per heavy atom. The Balaban J connectivity index is 0. The van der Waals surface area contributed by atoms with Gasteiger partial charge in [0.25, 0.3) is 0 Å². The van der Waals surface area contributed by atoms with Crippen LogP contribution < -0.4 is 0 Å². The predicted molar refractivity (Wildman–Crippen MR) is 38.4 cm³/mol. The zero-order valence-electron chi connectivity index (χ0n) is 1.41. The second-order valence-corrected chi connectivity index (χ2v) is 0. The molecule has 2 radical (unpaired) electrons. The van der Waals surface area contributed by atoms with Crippen LogP contribution in [0.4, 0.5) is 0 Å². The Labute approximate surface area is 94.7 Å². The third-order valence-electron chi connectivity index (χ3n) is 0. The molecule has 26 valence electrons. The Morgan fingerprint density at radius 2 is 1.00 bits per heavy atom. The molecule has 0 bridgehead atoms. The van der Waals surface area contributed by atoms with Gasteiger partial charge >= 0.3 is 79.3 Å². The van der Waals surface area contributed by atoms with Crippen molar-refractivity contribution in [3.63, 3.8) is 0 Å². The molecule has 0 aliphatic carbocycles. The van der Waals surface area contributed by atoms with Gasteiger partial charge in [-0.1, -0.05) is 0 Å². The summed E-state index contributed by atoms with van der Waals surface area (Å²) in [5.41, 5.74) is 0. The van der Waals surface area contributed by atoms with Crippen LogP contribution in [0.25, 0.3) is 0 Å². The van der Waals surface area contributed by atoms with E-state index in [0.717, 1.165) is 0 Å². The van der Waals surface area contributed by atoms with Gasteiger partial charge in [-0.15, -0.1) is 0 Å². The summed E-state index contributed by atoms with van der Waals surface area (Å²) in [7, 11) is 0. The zero-order valence-corrected chi connectivity index (χ0v) is 12.4. The van der Waals surface area contributed by atoms with Crippen LogP contribution in [0.2, 0.25) is 0 Å². The second kappa shape index (κ2) is 16.4. The van der Waals surface area contributed by atoms with Crippen LogP contribution in [0.15, 0.2) is 0 Å². The van der Waals surface area contributed by atoms with Gasteiger partial charge in [0.15, 0.2) is 17.4 Å². The van der Waals surface area contributed by atoms with Crippen molar-refractivity contribution in [2.45, 2.75) is 0 Å². The molecule has 0 aromatic rings. The van der Waals surface area contributed by atoms with Crippen LogP contribution in [0, 0.1) is 0 Å². The molecular weight excluding hydrogens is 558 g/mol. The molecule has 4 heavy (non-hydrogen) atoms. The van der Waals surface area contributed by atoms with E-state index >= 15 is 0 Å². The van der Waals surface area contributed by atoms with Crippen LogP contribution in [-0.4, -0.2) is 96.7 Å². The molecule has 0 nitrogen and oxygen atoms in total. The van der Waals surface area contributed by atoms with Crippen molar-refractivity contribution < 1.29 is 0 Å². The summed E-state index contributed by atoms with van der Waals surface area (Å²) >= 11 is 0. The fourth-order valence-corrected chi connectivity index (χ4v) is 0. The first-order valence-corrected chi connectivity index (χ1v) is 0. The van der Waals surface area contributed by atoms with E-state index in [1.807, 2.05) is 0 Å². The summed E-state index contributed by atoms with van der Waals surface area (Å²) in [6.45, 7) is 0. The van der Waals surface area contributed by atoms with Crippen molar-refractivity contribution in [3.8, 4) is 0 Å². The van der Waals surface area contributed by atoms with Crippen molar-refractivity contribution in [1.29, 1.82) is 0 Å². The van der Waals surface area contributed by atoms with Gasteiger partial charge in [0.2, 0.25) is 0 Å². The Morgan fingerprint density at radius 3 is 1.00 bits per heavy atom. The van der Waals surface area contributed by atoms with E-state index in [4.69, 9.17) is 0 Å². The Hall–Kier alpha value is 3.21. The van der Waals surface area contributed by atoms with Gasteiger partial charge in [0.05, 0.1) is 0 Å². The van der Waals surface area contributed by atoms with E-state index < -0.39 is 0 Å². The third-order valence-corrected chi connectivity index (χ3v) is 0. The zero-order chi connectivity index (χ0) is 0. The van der Waals surface area contributed by atoms with Crippen LogP contribution in [-0.2, 0) is 0 Å². The first kappa shape index (κ1) is 27.0. The molecule has 0 amide bonds. The molecule has 0 heterocycles. The molecule has 0 rings (SSSR count). The molecule has 0 aliphatic heterocycles. The average Bonchev–Trinajstić information content (AvgIpc) is 0. The SMILES string of the molecule is [AlH3].[BiH3].[InH3].[PbH2]. The second-order valence-electron chi connectivity index (χ2n) is 0. The monoisotopic (exact) mass is 570 g/mol. The molecule has 0 saturated heterocycles. The topological polar surface area (TPSA) is 0 Å². The third kappa shape index (κ3) is 8.96. The Bertz CT molecular complexity index is 8.00. The molecule has 0 aromatic carbocycles. The molecule has 0 saturated carbocycles. The number of hydrogen-bond acceptors (Lipinski definition) is 0. The van der Waals surface area contributed by atoms with E-state index in [1.54, 1.807) is 0 Å². The maximum atomic E-state index is 0. The molecule has 0 N–H and O–H groups in total. The van der Waals surface area contributed by atoms with Crippen molar-refractivity contribution in [2.24, 2.45) is 0 Å². The molecular formula is H11AlBiInPb. The van der Waals surface area contributed by atoms with Crippen molar-refractivity contribution in [3.05, 3.63) is 0 Å². The summed E-state index contributed by atoms with van der Waals surface area (Å²) in [5, 5.41) is 0. The summed E-state index contributed by atoms with van der Waals surface area (Å²) in [6.07, 6.45) is 0. The molecule has 0 fully saturated rings. The van der Waals surface area contributed by atoms with Crippen LogP contribution >= 0.6 is 0 Å². The summed E-state index contributed by atoms with van der Waals surface area (Å²) < 4.78 is 0. The van der Waals surface area contributed by atoms with Crippen LogP contribution in [0.1, 0.15) is 0 Å². The van der Waals surface area contributed by atoms with E-state index in [9.17, 15) is 0 Å². The van der Waals surface area contributed by atoms with E-state index in [2.05, 4.69) is 0 Å². The van der Waals surface area contributed by atoms with Crippen LogP contribution in [0.3, 0.4) is 0 Å². The minimum atomic E-state index is 0. The molecule has 4 heteroatoms. The van der Waals surface area contributed by atoms with E-state index in [0.29, 0.717) is 0 Å². The van der Waals surface area contributed by atoms with E-state index in [1.165, 1.54) is 0 Å². The minimum absolute atomic E-state index is 0. The summed E-state index contributed by atoms with van der Waals surface area (Å²) in [4.78, 5) is 0. The number of hydrogen-bond donors (Lipinski definition) is 0. The summed E-state index contributed by atoms with van der Waals surface area (Å²) in [5.74, 6) is 0. The average molecular weight is 569 g/mol. The number of rotatable bonds is 0. The Kier molecular flexibility index (Phi) is 110. The quantitative estimate of drug-likeness (QED) is 0.259. The molecule has 0 aliphatic rings. The van der Waals surface area contributed by atoms with Crippen LogP contribution in [0.5, 0.6) is 0 Å². The predicted octanol–water partition coefficient (Wildman–Crippen LogP) is -4.47. The fourth-order valence-electron chi connectivity index (χ4n) is 0. The van der Waals surface area contributed by atoms with Gasteiger partial charge in [-0.05, 0) is 0 Å². The fraction of sp³-hybridized carbons (Fsp3) is 0. The maximum absolute atomic E-state index is 0. The van der Waals surface area contributed by atoms with Gasteiger partial charge in [-0.25, -0.2) is 0 Å². The molecule has 0 spiro atoms. The standard InChI is InChI=1S/Al.Bi.In.Pb.11H. The normalized spacial score (nSPS) is 0. The first-order valence-electron chi connectivity index (χ1n) is 0. The molecule has 0 atom stereocenters. The van der Waals surface area contributed by atoms with Gasteiger partial charge < -0.3 is 0 Å². The van der Waals surface area contributed by atoms with Gasteiger partial charge in [-0.3, -0.25) is 0 Å². The van der Waals surface area contributed by atoms with Crippen molar-refractivity contribution in [2.75, 3.05) is 0 Å². The van der Waals surface area contributed by atoms with Gasteiger partial charge in [-0.2, -0.15) is 0 Å². The van der Waals surface area contributed by atoms with E-state index in [-0.39, 0.29) is 96.7 Å². The van der Waals surface area contributed by atoms with Gasteiger partial charge in [0, 0.05) is 0 Å². The summed E-state index contributed by atoms with van der Waals surface area (Å²) in [6, 6.07) is 0. The van der Waals surface area contributed by atoms with Crippen molar-refractivity contribution in [1.82, 2.24) is 0 Å². The first-order chi connectivity index (χ1) is 0. The molecule has 0 unspecified atom stereocenters. The molecule has 0 aromatic heterocycles. The van der Waals surface area contributed by atoms with Gasteiger partial charge in [0.1, 0.15) is 0 Å². The van der Waals surface area contributed by atoms with Crippen molar-refractivity contribution >= 4 is 96.7 Å².